The van der Waals surface area contributed by atoms with Crippen molar-refractivity contribution in [2.75, 3.05) is 19.0 Å². The van der Waals surface area contributed by atoms with E-state index in [9.17, 15) is 4.79 Å². The molecule has 1 atom stereocenters. The van der Waals surface area contributed by atoms with E-state index in [0.29, 0.717) is 11.6 Å². The van der Waals surface area contributed by atoms with Gasteiger partial charge < -0.3 is 10.1 Å². The molecule has 1 heterocycles. The molecule has 1 aromatic carbocycles. The molecule has 2 rings (SSSR count). The van der Waals surface area contributed by atoms with Gasteiger partial charge in [0.25, 0.3) is 0 Å². The van der Waals surface area contributed by atoms with Crippen LogP contribution in [0.4, 0.5) is 9.80 Å². The van der Waals surface area contributed by atoms with E-state index in [1.807, 2.05) is 35.7 Å². The normalized spacial score (nSPS) is 11.9. The number of benzene rings is 1. The van der Waals surface area contributed by atoms with E-state index in [1.165, 1.54) is 11.3 Å². The van der Waals surface area contributed by atoms with Gasteiger partial charge in [-0.15, -0.1) is 11.3 Å². The lowest BCUT2D eigenvalue weighted by molar-refractivity contribution is 0.104. The summed E-state index contributed by atoms with van der Waals surface area (Å²) in [5.41, 5.74) is 0.855. The number of methoxy groups -OCH3 is 1. The molecule has 20 heavy (non-hydrogen) atoms. The van der Waals surface area contributed by atoms with Crippen LogP contribution in [0.5, 0.6) is 0 Å². The fourth-order valence-corrected chi connectivity index (χ4v) is 2.62. The smallest absolute Gasteiger partial charge is 0.319 e. The van der Waals surface area contributed by atoms with Crippen LogP contribution in [0.15, 0.2) is 41.8 Å². The highest BCUT2D eigenvalue weighted by atomic mass is 35.5. The Morgan fingerprint density at radius 2 is 2.15 bits per heavy atom. The minimum Gasteiger partial charge on any atom is -0.375 e. The molecule has 0 radical (unpaired) electrons. The summed E-state index contributed by atoms with van der Waals surface area (Å²) in [6.45, 7) is 0.345. The van der Waals surface area contributed by atoms with Gasteiger partial charge in [-0.1, -0.05) is 29.8 Å². The summed E-state index contributed by atoms with van der Waals surface area (Å²) in [4.78, 5) is 11.7. The van der Waals surface area contributed by atoms with Gasteiger partial charge in [0, 0.05) is 24.2 Å². The molecule has 0 spiro atoms. The maximum Gasteiger partial charge on any atom is 0.319 e. The van der Waals surface area contributed by atoms with Crippen LogP contribution in [0.1, 0.15) is 11.7 Å². The quantitative estimate of drug-likeness (QED) is 0.879. The number of hydrogen-bond acceptors (Lipinski definition) is 3. The number of thiophene rings is 1. The second-order valence-electron chi connectivity index (χ2n) is 4.06. The van der Waals surface area contributed by atoms with Gasteiger partial charge in [0.2, 0.25) is 0 Å². The van der Waals surface area contributed by atoms with Crippen molar-refractivity contribution >= 4 is 34.0 Å². The molecule has 0 unspecified atom stereocenters. The van der Waals surface area contributed by atoms with Crippen LogP contribution in [-0.4, -0.2) is 19.7 Å². The van der Waals surface area contributed by atoms with Gasteiger partial charge in [-0.2, -0.15) is 0 Å². The van der Waals surface area contributed by atoms with Crippen molar-refractivity contribution in [2.24, 2.45) is 0 Å². The van der Waals surface area contributed by atoms with Crippen molar-refractivity contribution < 1.29 is 9.53 Å². The molecule has 106 valence electrons. The Hall–Kier alpha value is -1.56. The summed E-state index contributed by atoms with van der Waals surface area (Å²) in [5.74, 6) is 0. The molecular weight excluding hydrogens is 296 g/mol. The molecule has 0 aliphatic heterocycles. The summed E-state index contributed by atoms with van der Waals surface area (Å²) in [5, 5.41) is 8.84. The maximum atomic E-state index is 11.7. The molecule has 6 heteroatoms. The molecule has 1 aromatic heterocycles. The zero-order chi connectivity index (χ0) is 14.4. The van der Waals surface area contributed by atoms with Crippen LogP contribution in [0.25, 0.3) is 0 Å². The van der Waals surface area contributed by atoms with Crippen LogP contribution < -0.4 is 10.6 Å². The van der Waals surface area contributed by atoms with Crippen LogP contribution in [0, 0.1) is 0 Å². The van der Waals surface area contributed by atoms with Crippen molar-refractivity contribution in [1.82, 2.24) is 5.32 Å². The number of amides is 2. The van der Waals surface area contributed by atoms with Crippen molar-refractivity contribution in [3.8, 4) is 0 Å². The topological polar surface area (TPSA) is 50.4 Å². The Balaban J connectivity index is 1.91. The minimum atomic E-state index is -0.280. The highest BCUT2D eigenvalue weighted by Crippen LogP contribution is 2.24. The lowest BCUT2D eigenvalue weighted by atomic mass is 10.1. The molecule has 2 N–H and O–H groups in total. The highest BCUT2D eigenvalue weighted by Gasteiger charge is 2.14. The monoisotopic (exact) mass is 310 g/mol. The molecule has 0 saturated heterocycles. The second-order valence-corrected chi connectivity index (χ2v) is 5.41. The number of urea groups is 1. The molecule has 0 bridgehead atoms. The van der Waals surface area contributed by atoms with Gasteiger partial charge in [-0.25, -0.2) is 4.79 Å². The standard InChI is InChI=1S/C14H15ClN2O2S/c1-19-12(10-5-2-3-6-11(10)15)9-16-14(18)17-13-7-4-8-20-13/h2-8,12H,9H2,1H3,(H2,16,17,18)/t12-/m1/s1. The number of carbonyl (C=O) groups excluding carboxylic acids is 1. The average Bonchev–Trinajstić information content (AvgIpc) is 2.94. The minimum absolute atomic E-state index is 0.262. The van der Waals surface area contributed by atoms with E-state index < -0.39 is 0 Å². The molecule has 2 amide bonds. The molecule has 0 saturated carbocycles. The summed E-state index contributed by atoms with van der Waals surface area (Å²) in [6, 6.07) is 10.9. The summed E-state index contributed by atoms with van der Waals surface area (Å²) < 4.78 is 5.38. The predicted molar refractivity (Wildman–Crippen MR) is 82.5 cm³/mol. The number of nitrogens with one attached hydrogen (secondary N) is 2. The summed E-state index contributed by atoms with van der Waals surface area (Å²) in [6.07, 6.45) is -0.280. The number of rotatable bonds is 5. The first-order chi connectivity index (χ1) is 9.70. The van der Waals surface area contributed by atoms with Gasteiger partial charge in [-0.05, 0) is 23.6 Å². The maximum absolute atomic E-state index is 11.7. The van der Waals surface area contributed by atoms with Crippen molar-refractivity contribution in [3.63, 3.8) is 0 Å². The third-order valence-electron chi connectivity index (χ3n) is 2.74. The van der Waals surface area contributed by atoms with E-state index in [2.05, 4.69) is 10.6 Å². The molecule has 0 fully saturated rings. The lowest BCUT2D eigenvalue weighted by Crippen LogP contribution is -2.32. The van der Waals surface area contributed by atoms with Crippen molar-refractivity contribution in [2.45, 2.75) is 6.10 Å². The Bertz CT molecular complexity index is 560. The first-order valence-corrected chi connectivity index (χ1v) is 7.32. The average molecular weight is 311 g/mol. The van der Waals surface area contributed by atoms with E-state index in [-0.39, 0.29) is 12.1 Å². The van der Waals surface area contributed by atoms with Gasteiger partial charge in [0.1, 0.15) is 6.10 Å². The van der Waals surface area contributed by atoms with Crippen LogP contribution in [0.3, 0.4) is 0 Å². The number of carbonyl (C=O) groups is 1. The highest BCUT2D eigenvalue weighted by molar-refractivity contribution is 7.14. The fraction of sp³-hybridized carbons (Fsp3) is 0.214. The number of hydrogen-bond donors (Lipinski definition) is 2. The van der Waals surface area contributed by atoms with E-state index >= 15 is 0 Å². The fourth-order valence-electron chi connectivity index (χ4n) is 1.75. The van der Waals surface area contributed by atoms with Gasteiger partial charge in [0.05, 0.1) is 5.00 Å². The predicted octanol–water partition coefficient (Wildman–Crippen LogP) is 3.91. The van der Waals surface area contributed by atoms with Gasteiger partial charge >= 0.3 is 6.03 Å². The van der Waals surface area contributed by atoms with E-state index in [0.717, 1.165) is 10.6 Å². The SMILES string of the molecule is CO[C@H](CNC(=O)Nc1cccs1)c1ccccc1Cl. The molecule has 0 aliphatic carbocycles. The molecular formula is C14H15ClN2O2S. The van der Waals surface area contributed by atoms with Crippen molar-refractivity contribution in [1.29, 1.82) is 0 Å². The molecule has 4 nitrogen and oxygen atoms in total. The number of anilines is 1. The van der Waals surface area contributed by atoms with Crippen LogP contribution >= 0.6 is 22.9 Å². The first-order valence-electron chi connectivity index (χ1n) is 6.06. The number of ether oxygens (including phenoxy) is 1. The Kier molecular flexibility index (Phi) is 5.40. The largest absolute Gasteiger partial charge is 0.375 e. The van der Waals surface area contributed by atoms with Gasteiger partial charge in [0.15, 0.2) is 0 Å². The Morgan fingerprint density at radius 3 is 2.80 bits per heavy atom. The zero-order valence-electron chi connectivity index (χ0n) is 10.9. The summed E-state index contributed by atoms with van der Waals surface area (Å²) in [7, 11) is 1.59. The second kappa shape index (κ2) is 7.28. The van der Waals surface area contributed by atoms with Crippen LogP contribution in [-0.2, 0) is 4.74 Å². The van der Waals surface area contributed by atoms with Crippen LogP contribution in [0.2, 0.25) is 5.02 Å². The van der Waals surface area contributed by atoms with Gasteiger partial charge in [-0.3, -0.25) is 5.32 Å². The molecule has 2 aromatic rings. The number of halogens is 1. The van der Waals surface area contributed by atoms with E-state index in [4.69, 9.17) is 16.3 Å². The molecule has 0 aliphatic rings. The third-order valence-corrected chi connectivity index (χ3v) is 3.87. The van der Waals surface area contributed by atoms with Crippen molar-refractivity contribution in [3.05, 3.63) is 52.4 Å². The zero-order valence-corrected chi connectivity index (χ0v) is 12.5. The lowest BCUT2D eigenvalue weighted by Gasteiger charge is -2.17. The first kappa shape index (κ1) is 14.8. The van der Waals surface area contributed by atoms with E-state index in [1.54, 1.807) is 13.2 Å². The summed E-state index contributed by atoms with van der Waals surface area (Å²) >= 11 is 7.59. The Morgan fingerprint density at radius 1 is 1.35 bits per heavy atom. The Labute approximate surface area is 126 Å². The third kappa shape index (κ3) is 3.96.